The maximum absolute atomic E-state index is 13.6. The van der Waals surface area contributed by atoms with Crippen LogP contribution >= 0.6 is 0 Å². The number of aliphatic hydroxyl groups is 1. The number of para-hydroxylation sites is 1. The first-order valence-electron chi connectivity index (χ1n) is 11.5. The lowest BCUT2D eigenvalue weighted by molar-refractivity contribution is -0.119. The fraction of sp³-hybridized carbons (Fsp3) is 0.440. The van der Waals surface area contributed by atoms with Crippen molar-refractivity contribution < 1.29 is 19.1 Å². The molecule has 2 aliphatic rings. The molecule has 0 spiro atoms. The number of fused-ring (bicyclic) bond motifs is 1. The maximum atomic E-state index is 13.6. The molecule has 2 amide bonds. The van der Waals surface area contributed by atoms with Gasteiger partial charge in [0, 0.05) is 38.4 Å². The molecule has 8 heteroatoms. The Bertz CT molecular complexity index is 991. The molecule has 0 bridgehead atoms. The van der Waals surface area contributed by atoms with E-state index in [1.165, 1.54) is 29.7 Å². The molecule has 2 aromatic carbocycles. The summed E-state index contributed by atoms with van der Waals surface area (Å²) in [7, 11) is 0. The Labute approximate surface area is 193 Å². The van der Waals surface area contributed by atoms with Crippen molar-refractivity contribution >= 4 is 23.2 Å². The van der Waals surface area contributed by atoms with Gasteiger partial charge in [0.15, 0.2) is 0 Å². The quantitative estimate of drug-likeness (QED) is 0.570. The molecule has 33 heavy (non-hydrogen) atoms. The highest BCUT2D eigenvalue weighted by atomic mass is 19.1. The fourth-order valence-corrected chi connectivity index (χ4v) is 4.52. The average molecular weight is 455 g/mol. The van der Waals surface area contributed by atoms with Gasteiger partial charge in [0.25, 0.3) is 0 Å². The summed E-state index contributed by atoms with van der Waals surface area (Å²) in [6.07, 6.45) is 2.45. The van der Waals surface area contributed by atoms with Crippen LogP contribution in [-0.2, 0) is 22.4 Å². The van der Waals surface area contributed by atoms with E-state index in [0.29, 0.717) is 39.3 Å². The number of halogens is 1. The molecule has 1 aliphatic carbocycles. The normalized spacial score (nSPS) is 17.4. The summed E-state index contributed by atoms with van der Waals surface area (Å²) in [6, 6.07) is 12.1. The minimum absolute atomic E-state index is 0.0220. The summed E-state index contributed by atoms with van der Waals surface area (Å²) in [5.41, 5.74) is 3.69. The highest BCUT2D eigenvalue weighted by Crippen LogP contribution is 2.24. The summed E-state index contributed by atoms with van der Waals surface area (Å²) in [5, 5.41) is 15.8. The van der Waals surface area contributed by atoms with Crippen molar-refractivity contribution in [2.75, 3.05) is 49.9 Å². The predicted octanol–water partition coefficient (Wildman–Crippen LogP) is 2.26. The topological polar surface area (TPSA) is 84.9 Å². The van der Waals surface area contributed by atoms with Gasteiger partial charge in [-0.1, -0.05) is 18.2 Å². The Morgan fingerprint density at radius 3 is 2.45 bits per heavy atom. The van der Waals surface area contributed by atoms with Gasteiger partial charge >= 0.3 is 0 Å². The number of β-amino-alcohol motifs (C(OH)–C–C–N with tert-alkyl or cyclic N) is 1. The summed E-state index contributed by atoms with van der Waals surface area (Å²) in [5.74, 6) is -0.947. The number of hydrogen-bond acceptors (Lipinski definition) is 5. The van der Waals surface area contributed by atoms with E-state index in [2.05, 4.69) is 32.6 Å². The van der Waals surface area contributed by atoms with Gasteiger partial charge < -0.3 is 15.7 Å². The number of nitrogens with zero attached hydrogens (tertiary/aromatic N) is 2. The van der Waals surface area contributed by atoms with Crippen LogP contribution in [0.5, 0.6) is 0 Å². The zero-order valence-corrected chi connectivity index (χ0v) is 18.7. The molecule has 1 saturated heterocycles. The lowest BCUT2D eigenvalue weighted by Crippen LogP contribution is -2.50. The van der Waals surface area contributed by atoms with Crippen LogP contribution in [0.2, 0.25) is 0 Å². The number of rotatable bonds is 8. The number of hydrogen-bond donors (Lipinski definition) is 3. The first-order chi connectivity index (χ1) is 16.0. The van der Waals surface area contributed by atoms with Crippen molar-refractivity contribution in [2.45, 2.75) is 31.8 Å². The van der Waals surface area contributed by atoms with Crippen LogP contribution in [0.1, 0.15) is 24.0 Å². The van der Waals surface area contributed by atoms with E-state index in [-0.39, 0.29) is 18.0 Å². The molecule has 0 aromatic heterocycles. The second kappa shape index (κ2) is 10.9. The first-order valence-corrected chi connectivity index (χ1v) is 11.5. The molecule has 2 aromatic rings. The standard InChI is InChI=1S/C25H31FN4O3/c26-22-6-1-2-7-23(22)28-24(32)15-21(31)16-29-10-12-30(13-11-29)17-25(33)27-20-9-8-18-4-3-5-19(18)14-20/h1-2,6-9,14,21,31H,3-5,10-13,15-17H2,(H,27,33)(H,28,32). The summed E-state index contributed by atoms with van der Waals surface area (Å²) in [6.45, 7) is 3.53. The van der Waals surface area contributed by atoms with Crippen LogP contribution in [0.25, 0.3) is 0 Å². The van der Waals surface area contributed by atoms with Crippen LogP contribution in [0, 0.1) is 5.82 Å². The van der Waals surface area contributed by atoms with Gasteiger partial charge in [-0.3, -0.25) is 19.4 Å². The van der Waals surface area contributed by atoms with E-state index in [9.17, 15) is 19.1 Å². The van der Waals surface area contributed by atoms with Gasteiger partial charge in [0.1, 0.15) is 5.82 Å². The molecule has 0 saturated carbocycles. The Morgan fingerprint density at radius 1 is 0.939 bits per heavy atom. The Balaban J connectivity index is 1.15. The molecule has 176 valence electrons. The molecule has 1 atom stereocenters. The molecule has 1 fully saturated rings. The number of carbonyl (C=O) groups excluding carboxylic acids is 2. The smallest absolute Gasteiger partial charge is 0.238 e. The van der Waals surface area contributed by atoms with E-state index in [4.69, 9.17) is 0 Å². The number of aryl methyl sites for hydroxylation is 2. The van der Waals surface area contributed by atoms with E-state index in [1.54, 1.807) is 12.1 Å². The van der Waals surface area contributed by atoms with Crippen molar-refractivity contribution in [2.24, 2.45) is 0 Å². The molecule has 3 N–H and O–H groups in total. The third-order valence-electron chi connectivity index (χ3n) is 6.25. The van der Waals surface area contributed by atoms with E-state index in [0.717, 1.165) is 18.5 Å². The zero-order valence-electron chi connectivity index (χ0n) is 18.7. The van der Waals surface area contributed by atoms with Crippen LogP contribution < -0.4 is 10.6 Å². The van der Waals surface area contributed by atoms with Crippen LogP contribution in [0.15, 0.2) is 42.5 Å². The molecule has 7 nitrogen and oxygen atoms in total. The number of piperazine rings is 1. The Kier molecular flexibility index (Phi) is 7.69. The first kappa shape index (κ1) is 23.4. The Hall–Kier alpha value is -2.81. The van der Waals surface area contributed by atoms with E-state index < -0.39 is 17.8 Å². The van der Waals surface area contributed by atoms with Crippen molar-refractivity contribution in [3.8, 4) is 0 Å². The van der Waals surface area contributed by atoms with Crippen LogP contribution in [0.4, 0.5) is 15.8 Å². The third kappa shape index (κ3) is 6.60. The molecule has 0 radical (unpaired) electrons. The van der Waals surface area contributed by atoms with Crippen LogP contribution in [0.3, 0.4) is 0 Å². The second-order valence-corrected chi connectivity index (χ2v) is 8.85. The van der Waals surface area contributed by atoms with Gasteiger partial charge in [0.2, 0.25) is 11.8 Å². The van der Waals surface area contributed by atoms with E-state index in [1.807, 2.05) is 6.07 Å². The van der Waals surface area contributed by atoms with Gasteiger partial charge in [-0.15, -0.1) is 0 Å². The van der Waals surface area contributed by atoms with Crippen molar-refractivity contribution in [1.29, 1.82) is 0 Å². The van der Waals surface area contributed by atoms with Gasteiger partial charge in [-0.2, -0.15) is 0 Å². The number of amides is 2. The lowest BCUT2D eigenvalue weighted by Gasteiger charge is -2.35. The maximum Gasteiger partial charge on any atom is 0.238 e. The zero-order chi connectivity index (χ0) is 23.2. The lowest BCUT2D eigenvalue weighted by atomic mass is 10.1. The Morgan fingerprint density at radius 2 is 1.67 bits per heavy atom. The molecule has 1 unspecified atom stereocenters. The second-order valence-electron chi connectivity index (χ2n) is 8.85. The van der Waals surface area contributed by atoms with Crippen molar-refractivity contribution in [3.63, 3.8) is 0 Å². The fourth-order valence-electron chi connectivity index (χ4n) is 4.52. The van der Waals surface area contributed by atoms with Gasteiger partial charge in [-0.25, -0.2) is 4.39 Å². The number of anilines is 2. The summed E-state index contributed by atoms with van der Waals surface area (Å²) >= 11 is 0. The highest BCUT2D eigenvalue weighted by Gasteiger charge is 2.22. The largest absolute Gasteiger partial charge is 0.391 e. The monoisotopic (exact) mass is 454 g/mol. The average Bonchev–Trinajstić information content (AvgIpc) is 3.24. The number of carbonyl (C=O) groups is 2. The minimum Gasteiger partial charge on any atom is -0.391 e. The molecule has 1 aliphatic heterocycles. The number of nitrogens with one attached hydrogen (secondary N) is 2. The molecule has 4 rings (SSSR count). The number of aliphatic hydroxyl groups excluding tert-OH is 1. The molecular formula is C25H31FN4O3. The van der Waals surface area contributed by atoms with Crippen LogP contribution in [-0.4, -0.2) is 72.1 Å². The third-order valence-corrected chi connectivity index (χ3v) is 6.25. The SMILES string of the molecule is O=C(CN1CCN(CC(O)CC(=O)Nc2ccccc2F)CC1)Nc1ccc2c(c1)CCC2. The van der Waals surface area contributed by atoms with E-state index >= 15 is 0 Å². The van der Waals surface area contributed by atoms with Gasteiger partial charge in [0.05, 0.1) is 24.8 Å². The summed E-state index contributed by atoms with van der Waals surface area (Å²) < 4.78 is 13.6. The van der Waals surface area contributed by atoms with Gasteiger partial charge in [-0.05, 0) is 54.7 Å². The van der Waals surface area contributed by atoms with Crippen molar-refractivity contribution in [3.05, 3.63) is 59.4 Å². The predicted molar refractivity (Wildman–Crippen MR) is 126 cm³/mol. The highest BCUT2D eigenvalue weighted by molar-refractivity contribution is 5.92. The minimum atomic E-state index is -0.841. The van der Waals surface area contributed by atoms with Crippen molar-refractivity contribution in [1.82, 2.24) is 9.80 Å². The summed E-state index contributed by atoms with van der Waals surface area (Å²) in [4.78, 5) is 28.7. The number of benzene rings is 2. The molecular weight excluding hydrogens is 423 g/mol. The molecule has 1 heterocycles.